The van der Waals surface area contributed by atoms with Gasteiger partial charge in [0, 0.05) is 29.8 Å². The molecule has 2 atom stereocenters. The van der Waals surface area contributed by atoms with Gasteiger partial charge in [0.15, 0.2) is 0 Å². The molecule has 0 saturated heterocycles. The molecule has 312 valence electrons. The summed E-state index contributed by atoms with van der Waals surface area (Å²) >= 11 is 1.36. The zero-order chi connectivity index (χ0) is 41.3. The van der Waals surface area contributed by atoms with Crippen LogP contribution in [0.4, 0.5) is 0 Å². The number of fused-ring (bicyclic) bond motifs is 1. The van der Waals surface area contributed by atoms with Crippen molar-refractivity contribution in [3.63, 3.8) is 0 Å². The third kappa shape index (κ3) is 19.4. The fraction of sp³-hybridized carbons (Fsp3) is 0.583. The van der Waals surface area contributed by atoms with Crippen molar-refractivity contribution in [2.24, 2.45) is 46.8 Å². The topological polar surface area (TPSA) is 136 Å². The van der Waals surface area contributed by atoms with E-state index in [1.807, 2.05) is 5.38 Å². The standard InChI is InChI=1S/C35H52N2O.C5H5NOS.C3H7N.C3H8.C2H5N/c1-25(35(38)37-33-18-19-33)29(21-27-13-10-14-27)15-8-9-20-36-26(2)34(22-28-11-4-3-5-12-28)32-23-30-16-6-7-17-31(30)24-32;6-5(7)4-2-1-3-8-4;1-3(2)4;1-3-2;1-2-3/h6-7,16-17,27-29,32-34,36H,1-5,8-15,18-24H2,(H,37,38);1-3H,(H2,6,7);1,4H2,2H3;3H2,1-2H3;2H,1,3H2/t29?,34-;;;;/m1..../s1. The number of nitrogens with two attached hydrogens (primary N) is 3. The molecular formula is C48H77N5O2S. The normalized spacial score (nSPS) is 17.1. The maximum atomic E-state index is 12.7. The Morgan fingerprint density at radius 1 is 0.857 bits per heavy atom. The summed E-state index contributed by atoms with van der Waals surface area (Å²) in [5, 5.41) is 8.80. The Morgan fingerprint density at radius 2 is 1.41 bits per heavy atom. The lowest BCUT2D eigenvalue weighted by Crippen LogP contribution is -2.31. The van der Waals surface area contributed by atoms with E-state index in [-0.39, 0.29) is 11.8 Å². The minimum atomic E-state index is -0.347. The van der Waals surface area contributed by atoms with Gasteiger partial charge in [-0.15, -0.1) is 11.3 Å². The van der Waals surface area contributed by atoms with Gasteiger partial charge in [-0.05, 0) is 116 Å². The van der Waals surface area contributed by atoms with Gasteiger partial charge in [0.25, 0.3) is 5.91 Å². The average Bonchev–Trinajstić information content (AvgIpc) is 3.59. The number of benzene rings is 1. The van der Waals surface area contributed by atoms with Crippen molar-refractivity contribution in [3.05, 3.63) is 107 Å². The molecule has 3 fully saturated rings. The monoisotopic (exact) mass is 788 g/mol. The molecule has 8 heteroatoms. The summed E-state index contributed by atoms with van der Waals surface area (Å²) in [5.41, 5.74) is 20.4. The fourth-order valence-electron chi connectivity index (χ4n) is 7.85. The largest absolute Gasteiger partial charge is 0.405 e. The van der Waals surface area contributed by atoms with Crippen molar-refractivity contribution in [1.82, 2.24) is 10.6 Å². The number of hydrogen-bond acceptors (Lipinski definition) is 6. The van der Waals surface area contributed by atoms with E-state index >= 15 is 0 Å². The van der Waals surface area contributed by atoms with Crippen LogP contribution in [-0.2, 0) is 17.6 Å². The fourth-order valence-corrected chi connectivity index (χ4v) is 8.43. The molecule has 2 amide bonds. The lowest BCUT2D eigenvalue weighted by molar-refractivity contribution is -0.118. The second-order valence-corrected chi connectivity index (χ2v) is 17.3. The highest BCUT2D eigenvalue weighted by Gasteiger charge is 2.33. The van der Waals surface area contributed by atoms with Gasteiger partial charge in [0.05, 0.1) is 4.88 Å². The van der Waals surface area contributed by atoms with Crippen molar-refractivity contribution < 1.29 is 9.59 Å². The third-order valence-electron chi connectivity index (χ3n) is 11.0. The van der Waals surface area contributed by atoms with Gasteiger partial charge in [0.2, 0.25) is 5.91 Å². The molecule has 2 aromatic rings. The molecule has 4 aliphatic carbocycles. The van der Waals surface area contributed by atoms with E-state index in [0.717, 1.165) is 62.5 Å². The van der Waals surface area contributed by atoms with Crippen LogP contribution in [0.3, 0.4) is 0 Å². The van der Waals surface area contributed by atoms with Crippen LogP contribution in [0.25, 0.3) is 0 Å². The SMILES string of the molecule is C=C(C(=O)NC1CC1)C(CCCCNC(=C)[C@@H](CC1CCCCC1)C1Cc2ccccc2C1)CC1CCC1.C=C(C)N.C=CN.CCC.NC(=O)c1cccs1. The Bertz CT molecular complexity index is 1430. The van der Waals surface area contributed by atoms with Crippen molar-refractivity contribution in [2.75, 3.05) is 6.54 Å². The maximum Gasteiger partial charge on any atom is 0.258 e. The minimum Gasteiger partial charge on any atom is -0.405 e. The number of hydrogen-bond donors (Lipinski definition) is 5. The minimum absolute atomic E-state index is 0.117. The van der Waals surface area contributed by atoms with Gasteiger partial charge in [0.1, 0.15) is 0 Å². The zero-order valence-corrected chi connectivity index (χ0v) is 36.1. The summed E-state index contributed by atoms with van der Waals surface area (Å²) in [6, 6.07) is 13.0. The van der Waals surface area contributed by atoms with Gasteiger partial charge in [-0.3, -0.25) is 9.59 Å². The van der Waals surface area contributed by atoms with Gasteiger partial charge >= 0.3 is 0 Å². The predicted octanol–water partition coefficient (Wildman–Crippen LogP) is 10.7. The number of allylic oxidation sites excluding steroid dienone is 2. The molecule has 1 unspecified atom stereocenters. The Hall–Kier alpha value is -3.78. The number of rotatable bonds is 16. The van der Waals surface area contributed by atoms with Crippen LogP contribution in [0, 0.1) is 29.6 Å². The first-order valence-electron chi connectivity index (χ1n) is 21.5. The van der Waals surface area contributed by atoms with Gasteiger partial charge in [-0.2, -0.15) is 0 Å². The Labute approximate surface area is 345 Å². The highest BCUT2D eigenvalue weighted by molar-refractivity contribution is 7.12. The van der Waals surface area contributed by atoms with Crippen LogP contribution < -0.4 is 27.8 Å². The maximum absolute atomic E-state index is 12.7. The second-order valence-electron chi connectivity index (χ2n) is 16.4. The van der Waals surface area contributed by atoms with Crippen LogP contribution in [0.15, 0.2) is 91.3 Å². The number of amides is 2. The van der Waals surface area contributed by atoms with E-state index in [1.54, 1.807) is 30.2 Å². The van der Waals surface area contributed by atoms with Gasteiger partial charge in [-0.25, -0.2) is 0 Å². The van der Waals surface area contributed by atoms with Gasteiger partial charge < -0.3 is 27.8 Å². The zero-order valence-electron chi connectivity index (χ0n) is 35.3. The summed E-state index contributed by atoms with van der Waals surface area (Å²) in [4.78, 5) is 23.6. The Kier molecular flexibility index (Phi) is 24.0. The molecule has 1 heterocycles. The summed E-state index contributed by atoms with van der Waals surface area (Å²) in [6.07, 6.45) is 24.1. The number of thiophene rings is 1. The summed E-state index contributed by atoms with van der Waals surface area (Å²) in [7, 11) is 0. The molecule has 8 N–H and O–H groups in total. The van der Waals surface area contributed by atoms with Crippen LogP contribution in [0.1, 0.15) is 144 Å². The lowest BCUT2D eigenvalue weighted by atomic mass is 9.75. The molecule has 56 heavy (non-hydrogen) atoms. The Balaban J connectivity index is 0.000000500. The number of carbonyl (C=O) groups is 2. The highest BCUT2D eigenvalue weighted by Crippen LogP contribution is 2.40. The van der Waals surface area contributed by atoms with Crippen LogP contribution >= 0.6 is 11.3 Å². The molecule has 6 rings (SSSR count). The molecule has 1 aromatic heterocycles. The number of unbranched alkanes of at least 4 members (excludes halogenated alkanes) is 1. The molecular weight excluding hydrogens is 711 g/mol. The summed E-state index contributed by atoms with van der Waals surface area (Å²) in [5.74, 6) is 3.05. The van der Waals surface area contributed by atoms with E-state index in [9.17, 15) is 9.59 Å². The highest BCUT2D eigenvalue weighted by atomic mass is 32.1. The first-order chi connectivity index (χ1) is 26.9. The van der Waals surface area contributed by atoms with Gasteiger partial charge in [-0.1, -0.05) is 135 Å². The van der Waals surface area contributed by atoms with Crippen LogP contribution in [0.5, 0.6) is 0 Å². The molecule has 1 aromatic carbocycles. The Morgan fingerprint density at radius 3 is 1.88 bits per heavy atom. The van der Waals surface area contributed by atoms with Crippen molar-refractivity contribution in [2.45, 2.75) is 142 Å². The summed E-state index contributed by atoms with van der Waals surface area (Å²) < 4.78 is 0. The molecule has 3 saturated carbocycles. The molecule has 0 bridgehead atoms. The first kappa shape index (κ1) is 48.4. The first-order valence-corrected chi connectivity index (χ1v) is 22.4. The predicted molar refractivity (Wildman–Crippen MR) is 241 cm³/mol. The number of nitrogens with one attached hydrogen (secondary N) is 2. The second kappa shape index (κ2) is 27.8. The van der Waals surface area contributed by atoms with Crippen LogP contribution in [0.2, 0.25) is 0 Å². The van der Waals surface area contributed by atoms with Crippen molar-refractivity contribution in [1.29, 1.82) is 0 Å². The average molecular weight is 788 g/mol. The van der Waals surface area contributed by atoms with E-state index < -0.39 is 0 Å². The van der Waals surface area contributed by atoms with E-state index in [2.05, 4.69) is 80.8 Å². The smallest absolute Gasteiger partial charge is 0.258 e. The molecule has 4 aliphatic rings. The molecule has 0 radical (unpaired) electrons. The summed E-state index contributed by atoms with van der Waals surface area (Å²) in [6.45, 7) is 22.4. The third-order valence-corrected chi connectivity index (χ3v) is 11.9. The van der Waals surface area contributed by atoms with E-state index in [1.165, 1.54) is 100 Å². The molecule has 0 spiro atoms. The molecule has 0 aliphatic heterocycles. The quantitative estimate of drug-likeness (QED) is 0.0852. The lowest BCUT2D eigenvalue weighted by Gasteiger charge is -2.32. The number of carbonyl (C=O) groups excluding carboxylic acids is 2. The molecule has 7 nitrogen and oxygen atoms in total. The van der Waals surface area contributed by atoms with Crippen molar-refractivity contribution >= 4 is 23.2 Å². The van der Waals surface area contributed by atoms with Crippen molar-refractivity contribution in [3.8, 4) is 0 Å². The number of primary amides is 1. The van der Waals surface area contributed by atoms with E-state index in [4.69, 9.17) is 11.5 Å². The van der Waals surface area contributed by atoms with E-state index in [0.29, 0.717) is 34.4 Å². The van der Waals surface area contributed by atoms with Crippen LogP contribution in [-0.4, -0.2) is 24.4 Å².